The second-order valence-electron chi connectivity index (χ2n) is 6.25. The van der Waals surface area contributed by atoms with Gasteiger partial charge in [0.1, 0.15) is 0 Å². The number of nitrogens with zero attached hydrogens (tertiary/aromatic N) is 1. The first-order valence-electron chi connectivity index (χ1n) is 8.52. The summed E-state index contributed by atoms with van der Waals surface area (Å²) < 4.78 is 20.7. The van der Waals surface area contributed by atoms with Gasteiger partial charge in [-0.25, -0.2) is 4.39 Å². The molecule has 1 aromatic heterocycles. The number of benzene rings is 1. The average molecular weight is 348 g/mol. The SMILES string of the molecule is CCCCC(CNC(C)=O)c1cn(C(C)=O)c2cc(F)c(OC)cc12. The summed E-state index contributed by atoms with van der Waals surface area (Å²) in [7, 11) is 1.41. The molecule has 0 saturated heterocycles. The summed E-state index contributed by atoms with van der Waals surface area (Å²) in [6, 6.07) is 2.96. The van der Waals surface area contributed by atoms with E-state index in [0.29, 0.717) is 12.1 Å². The molecule has 5 nitrogen and oxygen atoms in total. The minimum absolute atomic E-state index is 0.0436. The van der Waals surface area contributed by atoms with Crippen molar-refractivity contribution in [3.63, 3.8) is 0 Å². The number of carbonyl (C=O) groups is 2. The highest BCUT2D eigenvalue weighted by molar-refractivity contribution is 5.94. The van der Waals surface area contributed by atoms with Gasteiger partial charge in [0.15, 0.2) is 11.6 Å². The van der Waals surface area contributed by atoms with Gasteiger partial charge in [-0.3, -0.25) is 14.2 Å². The highest BCUT2D eigenvalue weighted by Crippen LogP contribution is 2.34. The molecule has 2 rings (SSSR count). The Morgan fingerprint density at radius 1 is 1.32 bits per heavy atom. The molecule has 1 atom stereocenters. The van der Waals surface area contributed by atoms with Crippen LogP contribution >= 0.6 is 0 Å². The van der Waals surface area contributed by atoms with Crippen LogP contribution in [0.4, 0.5) is 4.39 Å². The Morgan fingerprint density at radius 2 is 2.04 bits per heavy atom. The molecule has 0 saturated carbocycles. The maximum Gasteiger partial charge on any atom is 0.227 e. The van der Waals surface area contributed by atoms with Crippen LogP contribution in [0.1, 0.15) is 56.3 Å². The lowest BCUT2D eigenvalue weighted by atomic mass is 9.93. The number of unbranched alkanes of at least 4 members (excludes halogenated alkanes) is 1. The summed E-state index contributed by atoms with van der Waals surface area (Å²) in [4.78, 5) is 23.3. The molecule has 0 fully saturated rings. The van der Waals surface area contributed by atoms with E-state index >= 15 is 0 Å². The maximum absolute atomic E-state index is 14.1. The number of hydrogen-bond donors (Lipinski definition) is 1. The second-order valence-corrected chi connectivity index (χ2v) is 6.25. The van der Waals surface area contributed by atoms with Crippen LogP contribution in [0.3, 0.4) is 0 Å². The van der Waals surface area contributed by atoms with Crippen molar-refractivity contribution in [1.82, 2.24) is 9.88 Å². The highest BCUT2D eigenvalue weighted by Gasteiger charge is 2.21. The summed E-state index contributed by atoms with van der Waals surface area (Å²) in [5.74, 6) is -0.602. The Hall–Kier alpha value is -2.37. The lowest BCUT2D eigenvalue weighted by Gasteiger charge is -2.17. The fraction of sp³-hybridized carbons (Fsp3) is 0.474. The summed E-state index contributed by atoms with van der Waals surface area (Å²) in [6.45, 7) is 5.51. The largest absolute Gasteiger partial charge is 0.494 e. The molecule has 1 unspecified atom stereocenters. The Kier molecular flexibility index (Phi) is 6.17. The van der Waals surface area contributed by atoms with Crippen LogP contribution < -0.4 is 10.1 Å². The van der Waals surface area contributed by atoms with E-state index in [9.17, 15) is 14.0 Å². The van der Waals surface area contributed by atoms with E-state index in [4.69, 9.17) is 4.74 Å². The van der Waals surface area contributed by atoms with E-state index in [0.717, 1.165) is 30.2 Å². The van der Waals surface area contributed by atoms with Gasteiger partial charge in [0.25, 0.3) is 0 Å². The second kappa shape index (κ2) is 8.14. The topological polar surface area (TPSA) is 60.3 Å². The first-order chi connectivity index (χ1) is 11.9. The Bertz CT molecular complexity index is 783. The van der Waals surface area contributed by atoms with Crippen molar-refractivity contribution in [3.8, 4) is 5.75 Å². The molecule has 0 bridgehead atoms. The van der Waals surface area contributed by atoms with E-state index < -0.39 is 5.82 Å². The van der Waals surface area contributed by atoms with Crippen molar-refractivity contribution in [2.75, 3.05) is 13.7 Å². The number of ether oxygens (including phenoxy) is 1. The van der Waals surface area contributed by atoms with Crippen LogP contribution in [0.2, 0.25) is 0 Å². The number of aromatic nitrogens is 1. The van der Waals surface area contributed by atoms with Gasteiger partial charge in [0.05, 0.1) is 12.6 Å². The quantitative estimate of drug-likeness (QED) is 0.826. The highest BCUT2D eigenvalue weighted by atomic mass is 19.1. The molecule has 25 heavy (non-hydrogen) atoms. The molecule has 0 aliphatic rings. The molecule has 1 amide bonds. The summed E-state index contributed by atoms with van der Waals surface area (Å²) >= 11 is 0. The molecular weight excluding hydrogens is 323 g/mol. The molecule has 1 aromatic carbocycles. The van der Waals surface area contributed by atoms with Crippen LogP contribution in [0.25, 0.3) is 10.9 Å². The van der Waals surface area contributed by atoms with Crippen molar-refractivity contribution in [1.29, 1.82) is 0 Å². The van der Waals surface area contributed by atoms with Gasteiger partial charge in [-0.2, -0.15) is 0 Å². The van der Waals surface area contributed by atoms with Gasteiger partial charge >= 0.3 is 0 Å². The van der Waals surface area contributed by atoms with Crippen molar-refractivity contribution < 1.29 is 18.7 Å². The van der Waals surface area contributed by atoms with Crippen molar-refractivity contribution >= 4 is 22.7 Å². The molecule has 0 aliphatic heterocycles. The van der Waals surface area contributed by atoms with Crippen molar-refractivity contribution in [3.05, 3.63) is 29.7 Å². The van der Waals surface area contributed by atoms with Gasteiger partial charge in [-0.15, -0.1) is 0 Å². The smallest absolute Gasteiger partial charge is 0.227 e. The number of hydrogen-bond acceptors (Lipinski definition) is 3. The number of fused-ring (bicyclic) bond motifs is 1. The van der Waals surface area contributed by atoms with Gasteiger partial charge in [0.2, 0.25) is 11.8 Å². The van der Waals surface area contributed by atoms with Gasteiger partial charge in [-0.05, 0) is 18.1 Å². The molecule has 0 aliphatic carbocycles. The van der Waals surface area contributed by atoms with Crippen LogP contribution in [0.15, 0.2) is 18.3 Å². The van der Waals surface area contributed by atoms with E-state index in [2.05, 4.69) is 12.2 Å². The first-order valence-corrected chi connectivity index (χ1v) is 8.52. The Morgan fingerprint density at radius 3 is 2.60 bits per heavy atom. The first kappa shape index (κ1) is 19.0. The van der Waals surface area contributed by atoms with Crippen molar-refractivity contribution in [2.45, 2.75) is 46.0 Å². The third kappa shape index (κ3) is 4.18. The molecule has 136 valence electrons. The van der Waals surface area contributed by atoms with Gasteiger partial charge < -0.3 is 10.1 Å². The third-order valence-corrected chi connectivity index (χ3v) is 4.39. The molecule has 0 radical (unpaired) electrons. The zero-order chi connectivity index (χ0) is 18.6. The number of methoxy groups -OCH3 is 1. The third-order valence-electron chi connectivity index (χ3n) is 4.39. The molecule has 2 aromatic rings. The van der Waals surface area contributed by atoms with Crippen LogP contribution in [0, 0.1) is 5.82 Å². The lowest BCUT2D eigenvalue weighted by Crippen LogP contribution is -2.26. The number of carbonyl (C=O) groups excluding carboxylic acids is 2. The number of nitrogens with one attached hydrogen (secondary N) is 1. The average Bonchev–Trinajstić information content (AvgIpc) is 2.92. The summed E-state index contributed by atoms with van der Waals surface area (Å²) in [5.41, 5.74) is 1.44. The Labute approximate surface area is 147 Å². The number of rotatable bonds is 7. The number of amides is 1. The van der Waals surface area contributed by atoms with Gasteiger partial charge in [-0.1, -0.05) is 19.8 Å². The van der Waals surface area contributed by atoms with E-state index in [-0.39, 0.29) is 23.5 Å². The summed E-state index contributed by atoms with van der Waals surface area (Å²) in [5, 5.41) is 3.64. The van der Waals surface area contributed by atoms with E-state index in [1.165, 1.54) is 31.6 Å². The minimum atomic E-state index is -0.505. The lowest BCUT2D eigenvalue weighted by molar-refractivity contribution is -0.119. The fourth-order valence-corrected chi connectivity index (χ4v) is 3.08. The van der Waals surface area contributed by atoms with Crippen LogP contribution in [-0.4, -0.2) is 30.0 Å². The predicted octanol–water partition coefficient (Wildman–Crippen LogP) is 3.86. The predicted molar refractivity (Wildman–Crippen MR) is 95.7 cm³/mol. The zero-order valence-corrected chi connectivity index (χ0v) is 15.2. The molecule has 0 spiro atoms. The minimum Gasteiger partial charge on any atom is -0.494 e. The fourth-order valence-electron chi connectivity index (χ4n) is 3.08. The Balaban J connectivity index is 2.58. The molecular formula is C19H25FN2O3. The van der Waals surface area contributed by atoms with Crippen molar-refractivity contribution in [2.24, 2.45) is 0 Å². The van der Waals surface area contributed by atoms with E-state index in [1.54, 1.807) is 12.3 Å². The zero-order valence-electron chi connectivity index (χ0n) is 15.2. The maximum atomic E-state index is 14.1. The molecule has 6 heteroatoms. The molecule has 1 heterocycles. The summed E-state index contributed by atoms with van der Waals surface area (Å²) in [6.07, 6.45) is 4.65. The van der Waals surface area contributed by atoms with Gasteiger partial charge in [0, 0.05) is 44.0 Å². The number of halogens is 1. The normalized spacial score (nSPS) is 12.2. The molecule has 1 N–H and O–H groups in total. The van der Waals surface area contributed by atoms with E-state index in [1.807, 2.05) is 0 Å². The standard InChI is InChI=1S/C19H25FN2O3/c1-5-6-7-14(10-21-12(2)23)16-11-22(13(3)24)18-9-17(20)19(25-4)8-15(16)18/h8-9,11,14H,5-7,10H2,1-4H3,(H,21,23). The van der Waals surface area contributed by atoms with Crippen LogP contribution in [-0.2, 0) is 4.79 Å². The monoisotopic (exact) mass is 348 g/mol. The van der Waals surface area contributed by atoms with Crippen LogP contribution in [0.5, 0.6) is 5.75 Å².